The van der Waals surface area contributed by atoms with Gasteiger partial charge in [0.25, 0.3) is 0 Å². The molecule has 1 aromatic heterocycles. The molecule has 1 aromatic rings. The zero-order chi connectivity index (χ0) is 15.8. The molecule has 0 fully saturated rings. The van der Waals surface area contributed by atoms with Crippen molar-refractivity contribution in [2.24, 2.45) is 0 Å². The number of rotatable bonds is 9. The lowest BCUT2D eigenvalue weighted by molar-refractivity contribution is 0.400. The SMILES string of the molecule is CCN(CCCN(C)C)c1ccc(CNC(C)C)c(C)n1. The van der Waals surface area contributed by atoms with E-state index in [4.69, 9.17) is 4.98 Å². The lowest BCUT2D eigenvalue weighted by Gasteiger charge is -2.24. The Balaban J connectivity index is 2.66. The second-order valence-electron chi connectivity index (χ2n) is 6.19. The number of nitrogens with zero attached hydrogens (tertiary/aromatic N) is 3. The summed E-state index contributed by atoms with van der Waals surface area (Å²) < 4.78 is 0. The Hall–Kier alpha value is -1.13. The molecular weight excluding hydrogens is 260 g/mol. The number of hydrogen-bond acceptors (Lipinski definition) is 4. The van der Waals surface area contributed by atoms with Gasteiger partial charge in [-0.25, -0.2) is 4.98 Å². The maximum atomic E-state index is 4.79. The van der Waals surface area contributed by atoms with Crippen molar-refractivity contribution in [3.8, 4) is 0 Å². The minimum absolute atomic E-state index is 0.502. The minimum Gasteiger partial charge on any atom is -0.357 e. The Morgan fingerprint density at radius 1 is 1.19 bits per heavy atom. The van der Waals surface area contributed by atoms with Crippen LogP contribution in [0.3, 0.4) is 0 Å². The van der Waals surface area contributed by atoms with Gasteiger partial charge in [-0.3, -0.25) is 0 Å². The van der Waals surface area contributed by atoms with Gasteiger partial charge in [0.05, 0.1) is 0 Å². The van der Waals surface area contributed by atoms with Crippen molar-refractivity contribution in [2.45, 2.75) is 46.7 Å². The Morgan fingerprint density at radius 2 is 1.90 bits per heavy atom. The van der Waals surface area contributed by atoms with Gasteiger partial charge < -0.3 is 15.1 Å². The first-order valence-electron chi connectivity index (χ1n) is 8.03. The molecule has 4 nitrogen and oxygen atoms in total. The summed E-state index contributed by atoms with van der Waals surface area (Å²) in [4.78, 5) is 9.38. The number of anilines is 1. The summed E-state index contributed by atoms with van der Waals surface area (Å²) in [5.41, 5.74) is 2.42. The van der Waals surface area contributed by atoms with Crippen LogP contribution in [-0.4, -0.2) is 49.7 Å². The Labute approximate surface area is 130 Å². The van der Waals surface area contributed by atoms with Crippen LogP contribution in [0.25, 0.3) is 0 Å². The zero-order valence-corrected chi connectivity index (χ0v) is 14.6. The van der Waals surface area contributed by atoms with Crippen molar-refractivity contribution >= 4 is 5.82 Å². The molecule has 120 valence electrons. The van der Waals surface area contributed by atoms with Crippen molar-refractivity contribution in [2.75, 3.05) is 38.6 Å². The summed E-state index contributed by atoms with van der Waals surface area (Å²) >= 11 is 0. The molecule has 0 aliphatic carbocycles. The average molecular weight is 292 g/mol. The van der Waals surface area contributed by atoms with E-state index in [1.54, 1.807) is 0 Å². The normalized spacial score (nSPS) is 11.4. The molecule has 21 heavy (non-hydrogen) atoms. The Kier molecular flexibility index (Phi) is 7.68. The van der Waals surface area contributed by atoms with E-state index in [-0.39, 0.29) is 0 Å². The zero-order valence-electron chi connectivity index (χ0n) is 14.6. The lowest BCUT2D eigenvalue weighted by atomic mass is 10.2. The van der Waals surface area contributed by atoms with Crippen LogP contribution in [0.2, 0.25) is 0 Å². The first kappa shape index (κ1) is 17.9. The molecule has 1 N–H and O–H groups in total. The van der Waals surface area contributed by atoms with Crippen molar-refractivity contribution in [1.29, 1.82) is 0 Å². The fourth-order valence-electron chi connectivity index (χ4n) is 2.27. The smallest absolute Gasteiger partial charge is 0.128 e. The highest BCUT2D eigenvalue weighted by Crippen LogP contribution is 2.15. The van der Waals surface area contributed by atoms with Gasteiger partial charge in [0.2, 0.25) is 0 Å². The molecule has 0 spiro atoms. The monoisotopic (exact) mass is 292 g/mol. The summed E-state index contributed by atoms with van der Waals surface area (Å²) in [6, 6.07) is 4.87. The molecule has 0 aliphatic heterocycles. The fourth-order valence-corrected chi connectivity index (χ4v) is 2.27. The van der Waals surface area contributed by atoms with Crippen LogP contribution in [-0.2, 0) is 6.54 Å². The largest absolute Gasteiger partial charge is 0.357 e. The Bertz CT molecular complexity index is 415. The number of aromatic nitrogens is 1. The van der Waals surface area contributed by atoms with Gasteiger partial charge >= 0.3 is 0 Å². The predicted octanol–water partition coefficient (Wildman–Crippen LogP) is 2.67. The highest BCUT2D eigenvalue weighted by molar-refractivity contribution is 5.41. The van der Waals surface area contributed by atoms with E-state index in [0.29, 0.717) is 6.04 Å². The lowest BCUT2D eigenvalue weighted by Crippen LogP contribution is -2.28. The first-order chi connectivity index (χ1) is 9.93. The van der Waals surface area contributed by atoms with Gasteiger partial charge in [-0.1, -0.05) is 19.9 Å². The summed E-state index contributed by atoms with van der Waals surface area (Å²) in [5.74, 6) is 1.10. The summed E-state index contributed by atoms with van der Waals surface area (Å²) in [5, 5.41) is 3.45. The minimum atomic E-state index is 0.502. The van der Waals surface area contributed by atoms with Gasteiger partial charge in [0.15, 0.2) is 0 Å². The number of pyridine rings is 1. The third-order valence-corrected chi connectivity index (χ3v) is 3.62. The highest BCUT2D eigenvalue weighted by Gasteiger charge is 2.08. The highest BCUT2D eigenvalue weighted by atomic mass is 15.2. The quantitative estimate of drug-likeness (QED) is 0.758. The first-order valence-corrected chi connectivity index (χ1v) is 8.03. The molecule has 0 unspecified atom stereocenters. The summed E-state index contributed by atoms with van der Waals surface area (Å²) in [6.45, 7) is 12.7. The van der Waals surface area contributed by atoms with Crippen LogP contribution >= 0.6 is 0 Å². The topological polar surface area (TPSA) is 31.4 Å². The molecule has 0 radical (unpaired) electrons. The average Bonchev–Trinajstić information content (AvgIpc) is 2.42. The van der Waals surface area contributed by atoms with Crippen molar-refractivity contribution in [3.63, 3.8) is 0 Å². The van der Waals surface area contributed by atoms with Crippen molar-refractivity contribution in [1.82, 2.24) is 15.2 Å². The van der Waals surface area contributed by atoms with Gasteiger partial charge in [-0.2, -0.15) is 0 Å². The third kappa shape index (κ3) is 6.44. The number of nitrogens with one attached hydrogen (secondary N) is 1. The molecule has 4 heteroatoms. The van der Waals surface area contributed by atoms with Crippen molar-refractivity contribution < 1.29 is 0 Å². The standard InChI is InChI=1S/C17H32N4/c1-7-21(12-8-11-20(5)6)17-10-9-16(15(4)19-17)13-18-14(2)3/h9-10,14,18H,7-8,11-13H2,1-6H3. The summed E-state index contributed by atoms with van der Waals surface area (Å²) in [6.07, 6.45) is 1.16. The fraction of sp³-hybridized carbons (Fsp3) is 0.706. The Morgan fingerprint density at radius 3 is 2.43 bits per heavy atom. The molecule has 0 saturated carbocycles. The molecule has 1 rings (SSSR count). The van der Waals surface area contributed by atoms with Crippen LogP contribution in [0.4, 0.5) is 5.82 Å². The predicted molar refractivity (Wildman–Crippen MR) is 92.0 cm³/mol. The summed E-state index contributed by atoms with van der Waals surface area (Å²) in [7, 11) is 4.24. The molecule has 0 saturated heterocycles. The van der Waals surface area contributed by atoms with Crippen LogP contribution in [0, 0.1) is 6.92 Å². The number of aryl methyl sites for hydroxylation is 1. The van der Waals surface area contributed by atoms with E-state index < -0.39 is 0 Å². The van der Waals surface area contributed by atoms with Gasteiger partial charge in [-0.05, 0) is 52.5 Å². The van der Waals surface area contributed by atoms with Crippen molar-refractivity contribution in [3.05, 3.63) is 23.4 Å². The molecule has 0 aromatic carbocycles. The van der Waals surface area contributed by atoms with E-state index in [0.717, 1.165) is 44.1 Å². The molecule has 0 aliphatic rings. The van der Waals surface area contributed by atoms with Gasteiger partial charge in [0, 0.05) is 31.4 Å². The van der Waals surface area contributed by atoms with E-state index in [9.17, 15) is 0 Å². The van der Waals surface area contributed by atoms with Gasteiger partial charge in [0.1, 0.15) is 5.82 Å². The molecular formula is C17H32N4. The van der Waals surface area contributed by atoms with Gasteiger partial charge in [-0.15, -0.1) is 0 Å². The van der Waals surface area contributed by atoms with E-state index in [1.165, 1.54) is 5.56 Å². The molecule has 0 atom stereocenters. The van der Waals surface area contributed by atoms with Crippen LogP contribution in [0.1, 0.15) is 38.4 Å². The van der Waals surface area contributed by atoms with Crippen LogP contribution in [0.15, 0.2) is 12.1 Å². The second-order valence-corrected chi connectivity index (χ2v) is 6.19. The van der Waals surface area contributed by atoms with E-state index in [1.807, 2.05) is 0 Å². The number of hydrogen-bond donors (Lipinski definition) is 1. The van der Waals surface area contributed by atoms with Crippen LogP contribution in [0.5, 0.6) is 0 Å². The second kappa shape index (κ2) is 9.00. The maximum absolute atomic E-state index is 4.79. The third-order valence-electron chi connectivity index (χ3n) is 3.62. The molecule has 1 heterocycles. The molecule has 0 bridgehead atoms. The van der Waals surface area contributed by atoms with E-state index >= 15 is 0 Å². The van der Waals surface area contributed by atoms with E-state index in [2.05, 4.69) is 69.0 Å². The molecule has 0 amide bonds. The van der Waals surface area contributed by atoms with Crippen LogP contribution < -0.4 is 10.2 Å². The maximum Gasteiger partial charge on any atom is 0.128 e.